The van der Waals surface area contributed by atoms with Crippen molar-refractivity contribution in [3.63, 3.8) is 0 Å². The Kier molecular flexibility index (Phi) is 6.04. The van der Waals surface area contributed by atoms with E-state index in [-0.39, 0.29) is 29.8 Å². The van der Waals surface area contributed by atoms with E-state index in [9.17, 15) is 14.4 Å². The molecule has 3 heterocycles. The molecule has 1 unspecified atom stereocenters. The summed E-state index contributed by atoms with van der Waals surface area (Å²) >= 11 is 0. The van der Waals surface area contributed by atoms with Crippen molar-refractivity contribution in [2.24, 2.45) is 5.92 Å². The predicted molar refractivity (Wildman–Crippen MR) is 128 cm³/mol. The number of nitrogens with zero attached hydrogens (tertiary/aromatic N) is 3. The van der Waals surface area contributed by atoms with Gasteiger partial charge in [0.25, 0.3) is 5.56 Å². The van der Waals surface area contributed by atoms with Crippen LogP contribution in [0.3, 0.4) is 0 Å². The smallest absolute Gasteiger partial charge is 0.269 e. The van der Waals surface area contributed by atoms with E-state index >= 15 is 0 Å². The number of carbonyl (C=O) groups is 2. The summed E-state index contributed by atoms with van der Waals surface area (Å²) < 4.78 is 12.5. The van der Waals surface area contributed by atoms with E-state index in [1.807, 2.05) is 41.3 Å². The zero-order valence-electron chi connectivity index (χ0n) is 19.2. The Balaban J connectivity index is 1.20. The lowest BCUT2D eigenvalue weighted by Crippen LogP contribution is -2.26. The molecule has 0 N–H and O–H groups in total. The van der Waals surface area contributed by atoms with Gasteiger partial charge < -0.3 is 18.9 Å². The molecule has 0 radical (unpaired) electrons. The molecule has 0 saturated carbocycles. The molecule has 1 amide bonds. The SMILES string of the molecule is COc1ccc2ncc(=O)n(CCCCC3CC(=O)N(c4ccc5c(c4)CC(=O)CO5)C3)c2c1. The van der Waals surface area contributed by atoms with Crippen molar-refractivity contribution in [1.82, 2.24) is 9.55 Å². The Morgan fingerprint density at radius 1 is 1.12 bits per heavy atom. The number of fused-ring (bicyclic) bond motifs is 2. The first-order valence-electron chi connectivity index (χ1n) is 11.6. The number of ketones is 1. The fourth-order valence-electron chi connectivity index (χ4n) is 4.86. The highest BCUT2D eigenvalue weighted by atomic mass is 16.5. The molecule has 1 atom stereocenters. The number of Topliss-reactive ketones (excluding diaryl/α,β-unsaturated/α-hetero) is 1. The number of hydrogen-bond acceptors (Lipinski definition) is 6. The summed E-state index contributed by atoms with van der Waals surface area (Å²) in [7, 11) is 1.60. The highest BCUT2D eigenvalue weighted by molar-refractivity contribution is 5.96. The van der Waals surface area contributed by atoms with Gasteiger partial charge in [-0.15, -0.1) is 0 Å². The first kappa shape index (κ1) is 22.1. The number of anilines is 1. The number of rotatable bonds is 7. The molecule has 5 rings (SSSR count). The van der Waals surface area contributed by atoms with Gasteiger partial charge in [0.1, 0.15) is 18.1 Å². The molecular formula is C26H27N3O5. The fourth-order valence-corrected chi connectivity index (χ4v) is 4.86. The van der Waals surface area contributed by atoms with E-state index < -0.39 is 0 Å². The highest BCUT2D eigenvalue weighted by Gasteiger charge is 2.31. The van der Waals surface area contributed by atoms with Gasteiger partial charge in [-0.3, -0.25) is 14.4 Å². The summed E-state index contributed by atoms with van der Waals surface area (Å²) in [6.45, 7) is 1.38. The van der Waals surface area contributed by atoms with Gasteiger partial charge in [-0.1, -0.05) is 6.42 Å². The fraction of sp³-hybridized carbons (Fsp3) is 0.385. The molecule has 0 bridgehead atoms. The zero-order chi connectivity index (χ0) is 23.7. The molecule has 8 heteroatoms. The molecule has 1 saturated heterocycles. The van der Waals surface area contributed by atoms with E-state index in [4.69, 9.17) is 9.47 Å². The number of methoxy groups -OCH3 is 1. The Bertz CT molecular complexity index is 1320. The van der Waals surface area contributed by atoms with E-state index in [1.165, 1.54) is 6.20 Å². The second-order valence-electron chi connectivity index (χ2n) is 8.97. The Labute approximate surface area is 197 Å². The van der Waals surface area contributed by atoms with Crippen LogP contribution in [-0.2, 0) is 22.6 Å². The van der Waals surface area contributed by atoms with E-state index in [1.54, 1.807) is 11.7 Å². The summed E-state index contributed by atoms with van der Waals surface area (Å²) in [5.41, 5.74) is 3.07. The average Bonchev–Trinajstić information content (AvgIpc) is 3.22. The van der Waals surface area contributed by atoms with Gasteiger partial charge in [-0.25, -0.2) is 4.98 Å². The van der Waals surface area contributed by atoms with Gasteiger partial charge in [-0.05, 0) is 49.1 Å². The lowest BCUT2D eigenvalue weighted by molar-refractivity contribution is -0.121. The summed E-state index contributed by atoms with van der Waals surface area (Å²) in [4.78, 5) is 42.9. The van der Waals surface area contributed by atoms with Crippen LogP contribution in [0.4, 0.5) is 5.69 Å². The normalized spacial score (nSPS) is 17.7. The third-order valence-electron chi connectivity index (χ3n) is 6.63. The van der Waals surface area contributed by atoms with Crippen molar-refractivity contribution < 1.29 is 19.1 Å². The minimum Gasteiger partial charge on any atom is -0.497 e. The lowest BCUT2D eigenvalue weighted by atomic mass is 10.0. The summed E-state index contributed by atoms with van der Waals surface area (Å²) in [6.07, 6.45) is 4.89. The van der Waals surface area contributed by atoms with Crippen LogP contribution in [0, 0.1) is 5.92 Å². The number of ether oxygens (including phenoxy) is 2. The van der Waals surface area contributed by atoms with Gasteiger partial charge in [-0.2, -0.15) is 0 Å². The van der Waals surface area contributed by atoms with Gasteiger partial charge in [0.05, 0.1) is 24.3 Å². The number of benzene rings is 2. The van der Waals surface area contributed by atoms with Crippen LogP contribution in [0.1, 0.15) is 31.2 Å². The van der Waals surface area contributed by atoms with Crippen LogP contribution in [-0.4, -0.2) is 41.5 Å². The number of amides is 1. The monoisotopic (exact) mass is 461 g/mol. The minimum absolute atomic E-state index is 0.0507. The molecule has 8 nitrogen and oxygen atoms in total. The first-order valence-corrected chi connectivity index (χ1v) is 11.6. The molecule has 1 fully saturated rings. The summed E-state index contributed by atoms with van der Waals surface area (Å²) in [5.74, 6) is 1.85. The number of carbonyl (C=O) groups excluding carboxylic acids is 2. The molecule has 2 aliphatic heterocycles. The van der Waals surface area contributed by atoms with E-state index in [0.29, 0.717) is 31.7 Å². The maximum absolute atomic E-state index is 12.7. The third kappa shape index (κ3) is 4.40. The lowest BCUT2D eigenvalue weighted by Gasteiger charge is -2.21. The van der Waals surface area contributed by atoms with Crippen LogP contribution in [0.15, 0.2) is 47.4 Å². The van der Waals surface area contributed by atoms with Gasteiger partial charge in [0.15, 0.2) is 5.78 Å². The van der Waals surface area contributed by atoms with Gasteiger partial charge >= 0.3 is 0 Å². The number of hydrogen-bond donors (Lipinski definition) is 0. The van der Waals surface area contributed by atoms with Crippen molar-refractivity contribution in [3.05, 3.63) is 58.5 Å². The van der Waals surface area contributed by atoms with E-state index in [0.717, 1.165) is 47.3 Å². The second kappa shape index (κ2) is 9.29. The molecule has 34 heavy (non-hydrogen) atoms. The number of aryl methyl sites for hydroxylation is 1. The first-order chi connectivity index (χ1) is 16.5. The van der Waals surface area contributed by atoms with Crippen LogP contribution >= 0.6 is 0 Å². The van der Waals surface area contributed by atoms with Crippen LogP contribution in [0.5, 0.6) is 11.5 Å². The minimum atomic E-state index is -0.127. The standard InChI is InChI=1S/C26H27N3O5/c1-33-21-6-7-22-23(13-21)28(26(32)14-27-22)9-3-2-4-17-10-25(31)29(15-17)19-5-8-24-18(11-19)12-20(30)16-34-24/h5-8,11,13-14,17H,2-4,9-10,12,15-16H2,1H3. The molecule has 3 aromatic rings. The molecule has 1 aromatic heterocycles. The van der Waals surface area contributed by atoms with Crippen LogP contribution in [0.25, 0.3) is 11.0 Å². The Morgan fingerprint density at radius 3 is 2.85 bits per heavy atom. The average molecular weight is 462 g/mol. The third-order valence-corrected chi connectivity index (χ3v) is 6.63. The zero-order valence-corrected chi connectivity index (χ0v) is 19.2. The van der Waals surface area contributed by atoms with Gasteiger partial charge in [0, 0.05) is 43.2 Å². The van der Waals surface area contributed by atoms with Crippen LogP contribution < -0.4 is 19.9 Å². The van der Waals surface area contributed by atoms with E-state index in [2.05, 4.69) is 4.98 Å². The molecule has 2 aliphatic rings. The van der Waals surface area contributed by atoms with Crippen molar-refractivity contribution in [2.75, 3.05) is 25.2 Å². The molecule has 176 valence electrons. The predicted octanol–water partition coefficient (Wildman–Crippen LogP) is 3.13. The molecule has 0 spiro atoms. The van der Waals surface area contributed by atoms with Crippen molar-refractivity contribution in [3.8, 4) is 11.5 Å². The number of unbranched alkanes of at least 4 members (excludes halogenated alkanes) is 1. The topological polar surface area (TPSA) is 90.7 Å². The Hall–Kier alpha value is -3.68. The number of aromatic nitrogens is 2. The van der Waals surface area contributed by atoms with Crippen molar-refractivity contribution >= 4 is 28.4 Å². The summed E-state index contributed by atoms with van der Waals surface area (Å²) in [6, 6.07) is 11.2. The highest BCUT2D eigenvalue weighted by Crippen LogP contribution is 2.33. The van der Waals surface area contributed by atoms with Crippen molar-refractivity contribution in [2.45, 2.75) is 38.6 Å². The van der Waals surface area contributed by atoms with Crippen molar-refractivity contribution in [1.29, 1.82) is 0 Å². The van der Waals surface area contributed by atoms with Gasteiger partial charge in [0.2, 0.25) is 5.91 Å². The maximum atomic E-state index is 12.7. The molecule has 2 aromatic carbocycles. The van der Waals surface area contributed by atoms with Crippen LogP contribution in [0.2, 0.25) is 0 Å². The molecule has 0 aliphatic carbocycles. The quantitative estimate of drug-likeness (QED) is 0.502. The molecular weight excluding hydrogens is 434 g/mol. The largest absolute Gasteiger partial charge is 0.497 e. The summed E-state index contributed by atoms with van der Waals surface area (Å²) in [5, 5.41) is 0. The second-order valence-corrected chi connectivity index (χ2v) is 8.97. The Morgan fingerprint density at radius 2 is 2.00 bits per heavy atom. The maximum Gasteiger partial charge on any atom is 0.269 e.